The van der Waals surface area contributed by atoms with Gasteiger partial charge in [0.1, 0.15) is 46.1 Å². The summed E-state index contributed by atoms with van der Waals surface area (Å²) >= 11 is 0. The molecule has 0 amide bonds. The van der Waals surface area contributed by atoms with Crippen molar-refractivity contribution >= 4 is 22.9 Å². The van der Waals surface area contributed by atoms with Gasteiger partial charge in [0.05, 0.1) is 5.56 Å². The van der Waals surface area contributed by atoms with Gasteiger partial charge in [-0.05, 0) is 42.2 Å². The van der Waals surface area contributed by atoms with Crippen molar-refractivity contribution < 1.29 is 28.6 Å². The summed E-state index contributed by atoms with van der Waals surface area (Å²) in [5.74, 6) is -1.48. The third kappa shape index (κ3) is 6.81. The van der Waals surface area contributed by atoms with E-state index in [4.69, 9.17) is 25.4 Å². The van der Waals surface area contributed by atoms with E-state index in [2.05, 4.69) is 0 Å². The number of esters is 2. The average Bonchev–Trinajstić information content (AvgIpc) is 2.98. The van der Waals surface area contributed by atoms with Crippen LogP contribution >= 0.6 is 0 Å². The first-order valence-corrected chi connectivity index (χ1v) is 13.6. The lowest BCUT2D eigenvalue weighted by Crippen LogP contribution is -2.49. The molecule has 0 aliphatic carbocycles. The summed E-state index contributed by atoms with van der Waals surface area (Å²) in [4.78, 5) is 38.6. The fourth-order valence-electron chi connectivity index (χ4n) is 4.63. The number of ether oxygens (including phenoxy) is 2. The Bertz CT molecular complexity index is 1820. The molecule has 1 aromatic heterocycles. The number of phenolic OH excluding ortho intramolecular Hbond substituents is 1. The number of hydrogen-bond acceptors (Lipinski definition) is 9. The van der Waals surface area contributed by atoms with Gasteiger partial charge >= 0.3 is 11.9 Å². The first-order chi connectivity index (χ1) is 20.6. The lowest BCUT2D eigenvalue weighted by atomic mass is 9.94. The molecule has 43 heavy (non-hydrogen) atoms. The molecule has 0 bridgehead atoms. The highest BCUT2D eigenvalue weighted by Crippen LogP contribution is 2.31. The lowest BCUT2D eigenvalue weighted by Gasteiger charge is -2.22. The van der Waals surface area contributed by atoms with E-state index in [1.807, 2.05) is 60.7 Å². The number of fused-ring (bicyclic) bond motifs is 1. The molecule has 0 aliphatic rings. The summed E-state index contributed by atoms with van der Waals surface area (Å²) in [5, 5.41) is 10.6. The van der Waals surface area contributed by atoms with E-state index in [9.17, 15) is 19.5 Å². The first kappa shape index (κ1) is 29.2. The molecule has 4 aromatic carbocycles. The maximum Gasteiger partial charge on any atom is 0.331 e. The minimum Gasteiger partial charge on any atom is -0.507 e. The average molecular weight is 579 g/mol. The largest absolute Gasteiger partial charge is 0.507 e. The second kappa shape index (κ2) is 12.3. The van der Waals surface area contributed by atoms with E-state index in [0.717, 1.165) is 17.2 Å². The second-order valence-corrected chi connectivity index (χ2v) is 10.5. The van der Waals surface area contributed by atoms with Crippen LogP contribution in [0.3, 0.4) is 0 Å². The predicted octanol–water partition coefficient (Wildman–Crippen LogP) is 4.51. The smallest absolute Gasteiger partial charge is 0.331 e. The zero-order valence-corrected chi connectivity index (χ0v) is 23.4. The molecule has 5 rings (SSSR count). The van der Waals surface area contributed by atoms with Crippen LogP contribution in [-0.2, 0) is 22.4 Å². The molecule has 0 saturated carbocycles. The van der Waals surface area contributed by atoms with Gasteiger partial charge in [0.2, 0.25) is 5.43 Å². The monoisotopic (exact) mass is 578 g/mol. The molecule has 9 heteroatoms. The van der Waals surface area contributed by atoms with Crippen molar-refractivity contribution in [1.82, 2.24) is 0 Å². The maximum atomic E-state index is 13.3. The van der Waals surface area contributed by atoms with Gasteiger partial charge < -0.3 is 30.5 Å². The van der Waals surface area contributed by atoms with Crippen LogP contribution in [0.4, 0.5) is 0 Å². The van der Waals surface area contributed by atoms with Crippen molar-refractivity contribution in [2.45, 2.75) is 31.3 Å². The van der Waals surface area contributed by atoms with Crippen molar-refractivity contribution in [3.05, 3.63) is 125 Å². The van der Waals surface area contributed by atoms with Crippen LogP contribution in [0.1, 0.15) is 18.1 Å². The third-order valence-electron chi connectivity index (χ3n) is 6.91. The van der Waals surface area contributed by atoms with Crippen LogP contribution in [0.2, 0.25) is 0 Å². The third-order valence-corrected chi connectivity index (χ3v) is 6.91. The van der Waals surface area contributed by atoms with E-state index < -0.39 is 34.7 Å². The molecule has 5 aromatic rings. The van der Waals surface area contributed by atoms with Gasteiger partial charge in [-0.3, -0.25) is 4.79 Å². The van der Waals surface area contributed by atoms with Crippen molar-refractivity contribution in [2.75, 3.05) is 0 Å². The van der Waals surface area contributed by atoms with E-state index >= 15 is 0 Å². The quantitative estimate of drug-likeness (QED) is 0.169. The molecule has 2 atom stereocenters. The number of aromatic hydroxyl groups is 1. The second-order valence-electron chi connectivity index (χ2n) is 10.5. The Balaban J connectivity index is 1.29. The number of nitrogens with two attached hydrogens (primary N) is 2. The zero-order valence-electron chi connectivity index (χ0n) is 23.4. The molecular weight excluding hydrogens is 548 g/mol. The SMILES string of the molecule is CC(N)(Cc1ccccc1)C(=O)Oc1ccc(-c2coc3cc(OC(=O)C(N)Cc4ccccc4)cc(O)c3c2=O)cc1. The number of carbonyl (C=O) groups is 2. The van der Waals surface area contributed by atoms with Crippen LogP contribution in [0.5, 0.6) is 17.2 Å². The normalized spacial score (nSPS) is 13.2. The Morgan fingerprint density at radius 2 is 1.51 bits per heavy atom. The highest BCUT2D eigenvalue weighted by Gasteiger charge is 2.31. The summed E-state index contributed by atoms with van der Waals surface area (Å²) in [7, 11) is 0. The van der Waals surface area contributed by atoms with Crippen LogP contribution in [0, 0.1) is 0 Å². The van der Waals surface area contributed by atoms with Gasteiger partial charge in [-0.1, -0.05) is 72.8 Å². The van der Waals surface area contributed by atoms with Crippen molar-refractivity contribution in [3.63, 3.8) is 0 Å². The van der Waals surface area contributed by atoms with Gasteiger partial charge in [0.15, 0.2) is 0 Å². The summed E-state index contributed by atoms with van der Waals surface area (Å²) in [6.45, 7) is 1.61. The number of phenols is 1. The van der Waals surface area contributed by atoms with Gasteiger partial charge in [0, 0.05) is 18.6 Å². The number of rotatable bonds is 9. The number of hydrogen-bond donors (Lipinski definition) is 3. The molecule has 0 saturated heterocycles. The van der Waals surface area contributed by atoms with Gasteiger partial charge in [-0.15, -0.1) is 0 Å². The molecule has 5 N–H and O–H groups in total. The Morgan fingerprint density at radius 3 is 2.16 bits per heavy atom. The Hall–Kier alpha value is -5.25. The van der Waals surface area contributed by atoms with E-state index in [-0.39, 0.29) is 34.5 Å². The highest BCUT2D eigenvalue weighted by molar-refractivity contribution is 5.89. The Labute approximate surface area is 247 Å². The van der Waals surface area contributed by atoms with E-state index in [1.54, 1.807) is 19.1 Å². The van der Waals surface area contributed by atoms with Gasteiger partial charge in [-0.25, -0.2) is 9.59 Å². The van der Waals surface area contributed by atoms with Crippen molar-refractivity contribution in [1.29, 1.82) is 0 Å². The summed E-state index contributed by atoms with van der Waals surface area (Å²) in [6, 6.07) is 26.5. The number of benzene rings is 4. The summed E-state index contributed by atoms with van der Waals surface area (Å²) in [5.41, 5.74) is 12.9. The Kier molecular flexibility index (Phi) is 8.38. The Morgan fingerprint density at radius 1 is 0.884 bits per heavy atom. The topological polar surface area (TPSA) is 155 Å². The van der Waals surface area contributed by atoms with Gasteiger partial charge in [0.25, 0.3) is 0 Å². The summed E-state index contributed by atoms with van der Waals surface area (Å²) in [6.07, 6.45) is 1.82. The van der Waals surface area contributed by atoms with Gasteiger partial charge in [-0.2, -0.15) is 0 Å². The first-order valence-electron chi connectivity index (χ1n) is 13.6. The van der Waals surface area contributed by atoms with Crippen LogP contribution in [-0.4, -0.2) is 28.6 Å². The van der Waals surface area contributed by atoms with Crippen molar-refractivity contribution in [2.24, 2.45) is 11.5 Å². The highest BCUT2D eigenvalue weighted by atomic mass is 16.5. The van der Waals surface area contributed by atoms with Crippen LogP contribution < -0.4 is 26.4 Å². The zero-order chi connectivity index (χ0) is 30.6. The molecule has 1 heterocycles. The van der Waals surface area contributed by atoms with Crippen molar-refractivity contribution in [3.8, 4) is 28.4 Å². The fourth-order valence-corrected chi connectivity index (χ4v) is 4.63. The standard InChI is InChI=1S/C34H30N2O7/c1-34(36,19-22-10-6-3-7-11-22)33(40)43-24-14-12-23(13-15-24)26-20-41-29-18-25(17-28(37)30(29)31(26)38)42-32(39)27(35)16-21-8-4-2-5-9-21/h2-15,17-18,20,27,37H,16,19,35-36H2,1H3. The fraction of sp³-hybridized carbons (Fsp3) is 0.147. The lowest BCUT2D eigenvalue weighted by molar-refractivity contribution is -0.140. The molecular formula is C34H30N2O7. The minimum atomic E-state index is -1.25. The van der Waals surface area contributed by atoms with Crippen LogP contribution in [0.15, 0.2) is 113 Å². The number of carbonyl (C=O) groups excluding carboxylic acids is 2. The molecule has 0 aliphatic heterocycles. The molecule has 0 radical (unpaired) electrons. The molecule has 218 valence electrons. The molecule has 2 unspecified atom stereocenters. The van der Waals surface area contributed by atoms with E-state index in [0.29, 0.717) is 12.0 Å². The van der Waals surface area contributed by atoms with E-state index in [1.165, 1.54) is 24.5 Å². The molecule has 9 nitrogen and oxygen atoms in total. The summed E-state index contributed by atoms with van der Waals surface area (Å²) < 4.78 is 16.5. The van der Waals surface area contributed by atoms with Crippen LogP contribution in [0.25, 0.3) is 22.1 Å². The molecule has 0 fully saturated rings. The minimum absolute atomic E-state index is 0.0141. The maximum absolute atomic E-state index is 13.3. The molecule has 0 spiro atoms. The predicted molar refractivity (Wildman–Crippen MR) is 162 cm³/mol.